The van der Waals surface area contributed by atoms with Gasteiger partial charge in [-0.05, 0) is 49.5 Å². The number of nitrogens with two attached hydrogens (primary N) is 1. The van der Waals surface area contributed by atoms with E-state index >= 15 is 0 Å². The van der Waals surface area contributed by atoms with Crippen molar-refractivity contribution in [1.82, 2.24) is 0 Å². The van der Waals surface area contributed by atoms with E-state index in [0.717, 1.165) is 18.3 Å². The number of carbonyl (C=O) groups is 1. The molecule has 0 aromatic heterocycles. The van der Waals surface area contributed by atoms with E-state index in [1.807, 2.05) is 0 Å². The van der Waals surface area contributed by atoms with Gasteiger partial charge in [0.15, 0.2) is 0 Å². The molecule has 2 rings (SSSR count). The molecular formula is C15H16F2N2O2. The van der Waals surface area contributed by atoms with Crippen LogP contribution in [0, 0.1) is 17.0 Å². The highest BCUT2D eigenvalue weighted by molar-refractivity contribution is 5.80. The maximum absolute atomic E-state index is 12.3. The number of aromatic hydroxyl groups is 1. The number of phenols is 1. The van der Waals surface area contributed by atoms with Crippen LogP contribution in [0.5, 0.6) is 5.75 Å². The van der Waals surface area contributed by atoms with Crippen molar-refractivity contribution >= 4 is 12.5 Å². The molecule has 0 radical (unpaired) electrons. The number of phenolic OH excluding ortho intramolecular Hbond substituents is 1. The van der Waals surface area contributed by atoms with Gasteiger partial charge in [-0.15, -0.1) is 0 Å². The fourth-order valence-electron chi connectivity index (χ4n) is 1.18. The molecule has 4 nitrogen and oxygen atoms in total. The van der Waals surface area contributed by atoms with Gasteiger partial charge in [0.25, 0.3) is 0 Å². The lowest BCUT2D eigenvalue weighted by Crippen LogP contribution is -1.82. The maximum Gasteiger partial charge on any atom is 0.150 e. The first-order valence-corrected chi connectivity index (χ1v) is 5.84. The van der Waals surface area contributed by atoms with Gasteiger partial charge in [0.1, 0.15) is 23.7 Å². The van der Waals surface area contributed by atoms with Crippen LogP contribution in [0.3, 0.4) is 0 Å². The standard InChI is InChI=1S/C7H6FNO.C7H5FO.CH5N/c8-6-1-2-7(10)5(3-6)4-9;8-7-3-1-6(5-9)2-4-7;1-2/h1-4,9-10H;1-5H;2H2,1H3. The molecular weight excluding hydrogens is 278 g/mol. The Kier molecular flexibility index (Phi) is 8.95. The van der Waals surface area contributed by atoms with Crippen LogP contribution < -0.4 is 5.73 Å². The summed E-state index contributed by atoms with van der Waals surface area (Å²) in [6.07, 6.45) is 1.58. The molecule has 2 aromatic rings. The highest BCUT2D eigenvalue weighted by atomic mass is 19.1. The third kappa shape index (κ3) is 6.93. The van der Waals surface area contributed by atoms with E-state index < -0.39 is 5.82 Å². The van der Waals surface area contributed by atoms with Crippen molar-refractivity contribution in [1.29, 1.82) is 5.41 Å². The minimum Gasteiger partial charge on any atom is -0.507 e. The van der Waals surface area contributed by atoms with Gasteiger partial charge in [-0.1, -0.05) is 0 Å². The summed E-state index contributed by atoms with van der Waals surface area (Å²) in [5.74, 6) is -0.840. The highest BCUT2D eigenvalue weighted by Gasteiger charge is 1.97. The molecule has 0 aliphatic carbocycles. The largest absolute Gasteiger partial charge is 0.507 e. The lowest BCUT2D eigenvalue weighted by atomic mass is 10.2. The Balaban J connectivity index is 0.000000342. The van der Waals surface area contributed by atoms with Crippen LogP contribution in [-0.4, -0.2) is 24.7 Å². The van der Waals surface area contributed by atoms with Gasteiger partial charge in [-0.25, -0.2) is 8.78 Å². The second kappa shape index (κ2) is 10.2. The molecule has 21 heavy (non-hydrogen) atoms. The third-order valence-electron chi connectivity index (χ3n) is 2.15. The summed E-state index contributed by atoms with van der Waals surface area (Å²) in [5.41, 5.74) is 5.19. The number of aldehydes is 1. The van der Waals surface area contributed by atoms with E-state index in [1.54, 1.807) is 0 Å². The molecule has 112 valence electrons. The first kappa shape index (κ1) is 18.4. The molecule has 0 unspecified atom stereocenters. The maximum atomic E-state index is 12.3. The molecule has 0 bridgehead atoms. The smallest absolute Gasteiger partial charge is 0.150 e. The van der Waals surface area contributed by atoms with Gasteiger partial charge in [0, 0.05) is 17.3 Å². The van der Waals surface area contributed by atoms with Crippen LogP contribution in [0.4, 0.5) is 8.78 Å². The van der Waals surface area contributed by atoms with E-state index in [2.05, 4.69) is 5.73 Å². The Labute approximate surface area is 121 Å². The molecule has 0 saturated carbocycles. The van der Waals surface area contributed by atoms with Crippen molar-refractivity contribution in [3.05, 3.63) is 65.2 Å². The normalized spacial score (nSPS) is 8.57. The average Bonchev–Trinajstić information content (AvgIpc) is 2.53. The summed E-state index contributed by atoms with van der Waals surface area (Å²) in [7, 11) is 1.50. The van der Waals surface area contributed by atoms with Crippen LogP contribution in [0.1, 0.15) is 15.9 Å². The van der Waals surface area contributed by atoms with E-state index in [0.29, 0.717) is 11.8 Å². The van der Waals surface area contributed by atoms with Crippen molar-refractivity contribution < 1.29 is 18.7 Å². The molecule has 0 amide bonds. The fraction of sp³-hybridized carbons (Fsp3) is 0.0667. The monoisotopic (exact) mass is 294 g/mol. The molecule has 0 fully saturated rings. The molecule has 0 saturated heterocycles. The summed E-state index contributed by atoms with van der Waals surface area (Å²) < 4.78 is 24.4. The van der Waals surface area contributed by atoms with Crippen LogP contribution in [0.15, 0.2) is 42.5 Å². The number of halogens is 2. The highest BCUT2D eigenvalue weighted by Crippen LogP contribution is 2.14. The van der Waals surface area contributed by atoms with Crippen LogP contribution in [0.2, 0.25) is 0 Å². The average molecular weight is 294 g/mol. The van der Waals surface area contributed by atoms with Crippen molar-refractivity contribution in [3.8, 4) is 5.75 Å². The van der Waals surface area contributed by atoms with Crippen molar-refractivity contribution in [3.63, 3.8) is 0 Å². The minimum atomic E-state index is -0.448. The van der Waals surface area contributed by atoms with Gasteiger partial charge < -0.3 is 16.2 Å². The van der Waals surface area contributed by atoms with Crippen LogP contribution >= 0.6 is 0 Å². The number of hydrogen-bond donors (Lipinski definition) is 3. The van der Waals surface area contributed by atoms with Crippen molar-refractivity contribution in [2.45, 2.75) is 0 Å². The van der Waals surface area contributed by atoms with E-state index in [9.17, 15) is 13.6 Å². The zero-order chi connectivity index (χ0) is 16.3. The summed E-state index contributed by atoms with van der Waals surface area (Å²) >= 11 is 0. The first-order valence-electron chi connectivity index (χ1n) is 5.84. The number of hydrogen-bond acceptors (Lipinski definition) is 4. The van der Waals surface area contributed by atoms with Crippen LogP contribution in [0.25, 0.3) is 0 Å². The Hall–Kier alpha value is -2.60. The Morgan fingerprint density at radius 3 is 2.00 bits per heavy atom. The lowest BCUT2D eigenvalue weighted by molar-refractivity contribution is 0.112. The molecule has 2 aromatic carbocycles. The number of carbonyl (C=O) groups excluding carboxylic acids is 1. The molecule has 4 N–H and O–H groups in total. The number of benzene rings is 2. The van der Waals surface area contributed by atoms with Crippen molar-refractivity contribution in [2.24, 2.45) is 5.73 Å². The predicted molar refractivity (Wildman–Crippen MR) is 77.8 cm³/mol. The van der Waals surface area contributed by atoms with E-state index in [4.69, 9.17) is 10.5 Å². The quantitative estimate of drug-likeness (QED) is 0.588. The molecule has 0 aliphatic heterocycles. The lowest BCUT2D eigenvalue weighted by Gasteiger charge is -1.95. The molecule has 0 spiro atoms. The summed E-state index contributed by atoms with van der Waals surface area (Å²) in [6, 6.07) is 8.83. The Bertz CT molecular complexity index is 572. The molecule has 0 aliphatic rings. The summed E-state index contributed by atoms with van der Waals surface area (Å²) in [4.78, 5) is 10.00. The van der Waals surface area contributed by atoms with Gasteiger partial charge >= 0.3 is 0 Å². The minimum absolute atomic E-state index is 0.0728. The van der Waals surface area contributed by atoms with Gasteiger partial charge in [0.05, 0.1) is 0 Å². The fourth-order valence-corrected chi connectivity index (χ4v) is 1.18. The second-order valence-corrected chi connectivity index (χ2v) is 3.52. The summed E-state index contributed by atoms with van der Waals surface area (Å²) in [6.45, 7) is 0. The van der Waals surface area contributed by atoms with Gasteiger partial charge in [-0.3, -0.25) is 4.79 Å². The molecule has 0 atom stereocenters. The molecule has 6 heteroatoms. The van der Waals surface area contributed by atoms with Crippen molar-refractivity contribution in [2.75, 3.05) is 7.05 Å². The number of nitrogens with one attached hydrogen (secondary N) is 1. The van der Waals surface area contributed by atoms with Crippen LogP contribution in [-0.2, 0) is 0 Å². The Morgan fingerprint density at radius 1 is 1.05 bits per heavy atom. The topological polar surface area (TPSA) is 87.2 Å². The molecule has 0 heterocycles. The third-order valence-corrected chi connectivity index (χ3v) is 2.15. The van der Waals surface area contributed by atoms with Gasteiger partial charge in [0.2, 0.25) is 0 Å². The van der Waals surface area contributed by atoms with E-state index in [-0.39, 0.29) is 17.1 Å². The van der Waals surface area contributed by atoms with E-state index in [1.165, 1.54) is 37.4 Å². The number of rotatable bonds is 2. The summed E-state index contributed by atoms with van der Waals surface area (Å²) in [5, 5.41) is 15.6. The first-order chi connectivity index (χ1) is 10.1. The second-order valence-electron chi connectivity index (χ2n) is 3.52. The zero-order valence-electron chi connectivity index (χ0n) is 11.4. The van der Waals surface area contributed by atoms with Gasteiger partial charge in [-0.2, -0.15) is 0 Å². The zero-order valence-corrected chi connectivity index (χ0v) is 11.4. The predicted octanol–water partition coefficient (Wildman–Crippen LogP) is 2.74. The Morgan fingerprint density at radius 2 is 1.57 bits per heavy atom. The SMILES string of the molecule is CN.N=Cc1cc(F)ccc1O.O=Cc1ccc(F)cc1.